The Balaban J connectivity index is 1.95. The summed E-state index contributed by atoms with van der Waals surface area (Å²) in [5.74, 6) is 0.450. The van der Waals surface area contributed by atoms with Gasteiger partial charge in [0.05, 0.1) is 31.1 Å². The highest BCUT2D eigenvalue weighted by atomic mass is 16.5. The third kappa shape index (κ3) is 8.07. The lowest BCUT2D eigenvalue weighted by Gasteiger charge is -2.37. The van der Waals surface area contributed by atoms with Crippen LogP contribution in [-0.2, 0) is 25.5 Å². The number of methoxy groups -OCH3 is 2. The van der Waals surface area contributed by atoms with Crippen molar-refractivity contribution in [2.75, 3.05) is 41.4 Å². The molecule has 7 heteroatoms. The molecular weight excluding hydrogens is 430 g/mol. The maximum Gasteiger partial charge on any atom is 0.225 e. The minimum atomic E-state index is -0.316. The highest BCUT2D eigenvalue weighted by molar-refractivity contribution is 5.78. The maximum atomic E-state index is 13.4. The van der Waals surface area contributed by atoms with Gasteiger partial charge in [0, 0.05) is 33.4 Å². The van der Waals surface area contributed by atoms with Gasteiger partial charge >= 0.3 is 0 Å². The summed E-state index contributed by atoms with van der Waals surface area (Å²) in [6.07, 6.45) is 3.67. The number of likely N-dealkylation sites (N-methyl/N-ethyl adjacent to an activating group) is 1. The van der Waals surface area contributed by atoms with Crippen molar-refractivity contribution in [3.05, 3.63) is 35.9 Å². The number of likely N-dealkylation sites (tertiary alicyclic amines) is 1. The number of nitrogens with zero attached hydrogens (tertiary/aromatic N) is 2. The molecule has 1 aliphatic rings. The first-order valence-electron chi connectivity index (χ1n) is 12.6. The summed E-state index contributed by atoms with van der Waals surface area (Å²) in [7, 11) is 7.41. The second-order valence-electron chi connectivity index (χ2n) is 9.68. The van der Waals surface area contributed by atoms with Gasteiger partial charge in [0.2, 0.25) is 11.8 Å². The average molecular weight is 476 g/mol. The molecule has 2 amide bonds. The van der Waals surface area contributed by atoms with Crippen LogP contribution in [0.1, 0.15) is 51.5 Å². The largest absolute Gasteiger partial charge is 0.379 e. The van der Waals surface area contributed by atoms with E-state index in [1.807, 2.05) is 37.2 Å². The van der Waals surface area contributed by atoms with E-state index in [0.717, 1.165) is 25.7 Å². The van der Waals surface area contributed by atoms with Crippen LogP contribution in [0.3, 0.4) is 0 Å². The molecule has 0 radical (unpaired) electrons. The van der Waals surface area contributed by atoms with Crippen LogP contribution in [-0.4, -0.2) is 87.3 Å². The summed E-state index contributed by atoms with van der Waals surface area (Å²) >= 11 is 0. The molecular formula is C27H45N3O4. The lowest BCUT2D eigenvalue weighted by atomic mass is 9.91. The first-order valence-corrected chi connectivity index (χ1v) is 12.6. The van der Waals surface area contributed by atoms with E-state index in [0.29, 0.717) is 25.4 Å². The van der Waals surface area contributed by atoms with E-state index in [1.165, 1.54) is 5.56 Å². The normalized spacial score (nSPS) is 19.6. The molecule has 1 heterocycles. The first kappa shape index (κ1) is 28.3. The number of benzene rings is 1. The van der Waals surface area contributed by atoms with Crippen LogP contribution >= 0.6 is 0 Å². The van der Waals surface area contributed by atoms with Crippen molar-refractivity contribution in [1.82, 2.24) is 15.1 Å². The predicted molar refractivity (Wildman–Crippen MR) is 136 cm³/mol. The van der Waals surface area contributed by atoms with E-state index in [9.17, 15) is 9.59 Å². The standard InChI is InChI=1S/C27H45N3O4/c1-7-20(2)27(29(3)4)24(34-6)19-26(32)30-17-11-14-22(30)23(33-5)18-25(31)28-16-15-21-12-9-8-10-13-21/h8-10,12-13,20,22-24,27H,7,11,14-19H2,1-6H3,(H,28,31). The van der Waals surface area contributed by atoms with Gasteiger partial charge in [-0.1, -0.05) is 50.6 Å². The summed E-state index contributed by atoms with van der Waals surface area (Å²) in [5.41, 5.74) is 1.19. The molecule has 1 aromatic carbocycles. The van der Waals surface area contributed by atoms with Crippen LogP contribution in [0.25, 0.3) is 0 Å². The smallest absolute Gasteiger partial charge is 0.225 e. The number of rotatable bonds is 14. The van der Waals surface area contributed by atoms with Crippen LogP contribution in [0.5, 0.6) is 0 Å². The van der Waals surface area contributed by atoms with E-state index >= 15 is 0 Å². The summed E-state index contributed by atoms with van der Waals surface area (Å²) in [6, 6.07) is 10.2. The monoisotopic (exact) mass is 475 g/mol. The molecule has 1 fully saturated rings. The van der Waals surface area contributed by atoms with E-state index in [2.05, 4.69) is 36.2 Å². The molecule has 2 rings (SSSR count). The van der Waals surface area contributed by atoms with Crippen molar-refractivity contribution in [1.29, 1.82) is 0 Å². The van der Waals surface area contributed by atoms with Crippen LogP contribution in [0.15, 0.2) is 30.3 Å². The van der Waals surface area contributed by atoms with E-state index in [1.54, 1.807) is 14.2 Å². The molecule has 5 atom stereocenters. The quantitative estimate of drug-likeness (QED) is 0.448. The Morgan fingerprint density at radius 2 is 1.85 bits per heavy atom. The fourth-order valence-corrected chi connectivity index (χ4v) is 5.19. The van der Waals surface area contributed by atoms with Gasteiger partial charge in [-0.05, 0) is 44.8 Å². The zero-order valence-electron chi connectivity index (χ0n) is 22.0. The van der Waals surface area contributed by atoms with Crippen molar-refractivity contribution in [2.45, 2.75) is 76.7 Å². The number of hydrogen-bond donors (Lipinski definition) is 1. The predicted octanol–water partition coefficient (Wildman–Crippen LogP) is 3.12. The number of hydrogen-bond acceptors (Lipinski definition) is 5. The third-order valence-electron chi connectivity index (χ3n) is 7.20. The molecule has 1 aliphatic heterocycles. The second-order valence-corrected chi connectivity index (χ2v) is 9.68. The van der Waals surface area contributed by atoms with Gasteiger partial charge in [-0.3, -0.25) is 9.59 Å². The zero-order chi connectivity index (χ0) is 25.1. The molecule has 7 nitrogen and oxygen atoms in total. The third-order valence-corrected chi connectivity index (χ3v) is 7.20. The van der Waals surface area contributed by atoms with Crippen molar-refractivity contribution in [3.8, 4) is 0 Å². The number of ether oxygens (including phenoxy) is 2. The molecule has 1 aromatic rings. The van der Waals surface area contributed by atoms with E-state index < -0.39 is 0 Å². The minimum Gasteiger partial charge on any atom is -0.379 e. The van der Waals surface area contributed by atoms with Gasteiger partial charge in [0.15, 0.2) is 0 Å². The van der Waals surface area contributed by atoms with Gasteiger partial charge in [0.25, 0.3) is 0 Å². The molecule has 0 aliphatic carbocycles. The Morgan fingerprint density at radius 3 is 2.44 bits per heavy atom. The minimum absolute atomic E-state index is 0.0405. The summed E-state index contributed by atoms with van der Waals surface area (Å²) in [6.45, 7) is 5.66. The van der Waals surface area contributed by atoms with Crippen molar-refractivity contribution < 1.29 is 19.1 Å². The van der Waals surface area contributed by atoms with E-state index in [4.69, 9.17) is 9.47 Å². The zero-order valence-corrected chi connectivity index (χ0v) is 22.0. The fourth-order valence-electron chi connectivity index (χ4n) is 5.19. The summed E-state index contributed by atoms with van der Waals surface area (Å²) in [4.78, 5) is 30.1. The van der Waals surface area contributed by atoms with Gasteiger partial charge in [-0.15, -0.1) is 0 Å². The average Bonchev–Trinajstić information content (AvgIpc) is 3.32. The molecule has 5 unspecified atom stereocenters. The molecule has 0 saturated carbocycles. The van der Waals surface area contributed by atoms with Crippen LogP contribution in [0, 0.1) is 5.92 Å². The number of nitrogens with one attached hydrogen (secondary N) is 1. The molecule has 1 saturated heterocycles. The number of amides is 2. The molecule has 34 heavy (non-hydrogen) atoms. The lowest BCUT2D eigenvalue weighted by Crippen LogP contribution is -2.50. The molecule has 0 bridgehead atoms. The lowest BCUT2D eigenvalue weighted by molar-refractivity contribution is -0.140. The van der Waals surface area contributed by atoms with Crippen molar-refractivity contribution >= 4 is 11.8 Å². The maximum absolute atomic E-state index is 13.4. The van der Waals surface area contributed by atoms with Crippen molar-refractivity contribution in [3.63, 3.8) is 0 Å². The highest BCUT2D eigenvalue weighted by Crippen LogP contribution is 2.27. The number of carbonyl (C=O) groups excluding carboxylic acids is 2. The van der Waals surface area contributed by atoms with Crippen molar-refractivity contribution in [2.24, 2.45) is 5.92 Å². The molecule has 0 aromatic heterocycles. The van der Waals surface area contributed by atoms with Gasteiger partial charge in [-0.2, -0.15) is 0 Å². The molecule has 192 valence electrons. The Labute approximate surface area is 206 Å². The Morgan fingerprint density at radius 1 is 1.15 bits per heavy atom. The van der Waals surface area contributed by atoms with E-state index in [-0.39, 0.29) is 42.5 Å². The Hall–Kier alpha value is -1.96. The highest BCUT2D eigenvalue weighted by Gasteiger charge is 2.38. The first-order chi connectivity index (χ1) is 16.3. The van der Waals surface area contributed by atoms with Crippen LogP contribution < -0.4 is 5.32 Å². The van der Waals surface area contributed by atoms with Gasteiger partial charge < -0.3 is 24.6 Å². The fraction of sp³-hybridized carbons (Fsp3) is 0.704. The summed E-state index contributed by atoms with van der Waals surface area (Å²) in [5, 5.41) is 3.00. The topological polar surface area (TPSA) is 71.1 Å². The second kappa shape index (κ2) is 14.4. The Kier molecular flexibility index (Phi) is 12.0. The van der Waals surface area contributed by atoms with Gasteiger partial charge in [0.1, 0.15) is 0 Å². The summed E-state index contributed by atoms with van der Waals surface area (Å²) < 4.78 is 11.5. The molecule has 0 spiro atoms. The molecule has 1 N–H and O–H groups in total. The van der Waals surface area contributed by atoms with Crippen LogP contribution in [0.4, 0.5) is 0 Å². The SMILES string of the molecule is CCC(C)C(C(CC(=O)N1CCCC1C(CC(=O)NCCc1ccccc1)OC)OC)N(C)C. The van der Waals surface area contributed by atoms with Crippen LogP contribution in [0.2, 0.25) is 0 Å². The number of carbonyl (C=O) groups is 2. The Bertz CT molecular complexity index is 743. The van der Waals surface area contributed by atoms with Gasteiger partial charge in [-0.25, -0.2) is 0 Å².